The molecule has 0 aromatic heterocycles. The van der Waals surface area contributed by atoms with Gasteiger partial charge in [0.2, 0.25) is 0 Å². The number of rotatable bonds is 3. The summed E-state index contributed by atoms with van der Waals surface area (Å²) in [6, 6.07) is 6.29. The van der Waals surface area contributed by atoms with E-state index in [0.29, 0.717) is 0 Å². The van der Waals surface area contributed by atoms with Gasteiger partial charge in [0.05, 0.1) is 11.5 Å². The van der Waals surface area contributed by atoms with Crippen LogP contribution in [0.3, 0.4) is 0 Å². The molecule has 16 heavy (non-hydrogen) atoms. The van der Waals surface area contributed by atoms with Gasteiger partial charge in [0, 0.05) is 17.1 Å². The third-order valence-corrected chi connectivity index (χ3v) is 5.44. The Morgan fingerprint density at radius 2 is 2.12 bits per heavy atom. The van der Waals surface area contributed by atoms with Gasteiger partial charge in [-0.05, 0) is 24.1 Å². The lowest BCUT2D eigenvalue weighted by Crippen LogP contribution is -2.50. The molecule has 1 saturated heterocycles. The van der Waals surface area contributed by atoms with Crippen LogP contribution in [0.4, 0.5) is 0 Å². The Morgan fingerprint density at radius 3 is 2.69 bits per heavy atom. The predicted octanol–water partition coefficient (Wildman–Crippen LogP) is 1.64. The molecule has 2 rings (SSSR count). The number of hydrogen-bond acceptors (Lipinski definition) is 3. The summed E-state index contributed by atoms with van der Waals surface area (Å²) in [5.41, 5.74) is 2.38. The van der Waals surface area contributed by atoms with Crippen LogP contribution < -0.4 is 5.32 Å². The summed E-state index contributed by atoms with van der Waals surface area (Å²) < 4.78 is 23.0. The van der Waals surface area contributed by atoms with E-state index in [-0.39, 0.29) is 17.5 Å². The monoisotopic (exact) mass is 303 g/mol. The van der Waals surface area contributed by atoms with E-state index >= 15 is 0 Å². The zero-order chi connectivity index (χ0) is 11.8. The number of halogens is 1. The largest absolute Gasteiger partial charge is 0.308 e. The van der Waals surface area contributed by atoms with E-state index in [9.17, 15) is 8.42 Å². The van der Waals surface area contributed by atoms with Crippen LogP contribution in [0.5, 0.6) is 0 Å². The summed E-state index contributed by atoms with van der Waals surface area (Å²) in [6.07, 6.45) is 0. The average Bonchev–Trinajstić information content (AvgIpc) is 2.16. The lowest BCUT2D eigenvalue weighted by atomic mass is 10.1. The standard InChI is InChI=1S/C11H14BrNO2S/c1-8-4-9(2-3-11(8)12)5-13-10-6-16(14,15)7-10/h2-4,10,13H,5-7H2,1H3. The molecule has 1 N–H and O–H groups in total. The van der Waals surface area contributed by atoms with Crippen LogP contribution in [0.1, 0.15) is 11.1 Å². The highest BCUT2D eigenvalue weighted by Gasteiger charge is 2.32. The van der Waals surface area contributed by atoms with Gasteiger partial charge < -0.3 is 5.32 Å². The van der Waals surface area contributed by atoms with Gasteiger partial charge in [0.1, 0.15) is 0 Å². The molecule has 0 amide bonds. The predicted molar refractivity (Wildman–Crippen MR) is 68.2 cm³/mol. The van der Waals surface area contributed by atoms with Gasteiger partial charge in [-0.15, -0.1) is 0 Å². The Morgan fingerprint density at radius 1 is 1.44 bits per heavy atom. The third-order valence-electron chi connectivity index (χ3n) is 2.73. The maximum absolute atomic E-state index is 11.0. The molecule has 1 heterocycles. The van der Waals surface area contributed by atoms with E-state index in [1.165, 1.54) is 11.1 Å². The molecule has 88 valence electrons. The molecular formula is C11H14BrNO2S. The van der Waals surface area contributed by atoms with Gasteiger partial charge >= 0.3 is 0 Å². The van der Waals surface area contributed by atoms with E-state index in [1.54, 1.807) is 0 Å². The number of aryl methyl sites for hydroxylation is 1. The zero-order valence-corrected chi connectivity index (χ0v) is 11.4. The first-order valence-electron chi connectivity index (χ1n) is 5.15. The van der Waals surface area contributed by atoms with E-state index in [1.807, 2.05) is 19.1 Å². The molecule has 0 spiro atoms. The van der Waals surface area contributed by atoms with Crippen LogP contribution >= 0.6 is 15.9 Å². The molecule has 0 radical (unpaired) electrons. The van der Waals surface area contributed by atoms with Gasteiger partial charge in [-0.2, -0.15) is 0 Å². The first kappa shape index (κ1) is 12.1. The molecule has 0 unspecified atom stereocenters. The molecule has 1 fully saturated rings. The minimum absolute atomic E-state index is 0.133. The fourth-order valence-corrected chi connectivity index (χ4v) is 3.37. The third kappa shape index (κ3) is 2.84. The average molecular weight is 304 g/mol. The number of hydrogen-bond donors (Lipinski definition) is 1. The fourth-order valence-electron chi connectivity index (χ4n) is 1.76. The van der Waals surface area contributed by atoms with Crippen molar-refractivity contribution in [2.24, 2.45) is 0 Å². The Hall–Kier alpha value is -0.390. The number of nitrogens with one attached hydrogen (secondary N) is 1. The lowest BCUT2D eigenvalue weighted by molar-refractivity contribution is 0.511. The molecule has 0 atom stereocenters. The molecule has 1 aromatic rings. The number of benzene rings is 1. The summed E-state index contributed by atoms with van der Waals surface area (Å²) in [5.74, 6) is 0.561. The molecule has 1 aromatic carbocycles. The van der Waals surface area contributed by atoms with Crippen LogP contribution in [0.25, 0.3) is 0 Å². The van der Waals surface area contributed by atoms with Crippen molar-refractivity contribution in [3.63, 3.8) is 0 Å². The minimum atomic E-state index is -2.72. The minimum Gasteiger partial charge on any atom is -0.308 e. The fraction of sp³-hybridized carbons (Fsp3) is 0.455. The first-order chi connectivity index (χ1) is 7.46. The Labute approximate surface area is 104 Å². The zero-order valence-electron chi connectivity index (χ0n) is 9.03. The normalized spacial score (nSPS) is 19.4. The van der Waals surface area contributed by atoms with Crippen molar-refractivity contribution in [1.29, 1.82) is 0 Å². The van der Waals surface area contributed by atoms with Crippen molar-refractivity contribution in [3.05, 3.63) is 33.8 Å². The maximum atomic E-state index is 11.0. The van der Waals surface area contributed by atoms with Crippen LogP contribution in [-0.4, -0.2) is 26.0 Å². The highest BCUT2D eigenvalue weighted by Crippen LogP contribution is 2.17. The van der Waals surface area contributed by atoms with Gasteiger partial charge in [0.15, 0.2) is 9.84 Å². The molecule has 5 heteroatoms. The quantitative estimate of drug-likeness (QED) is 0.923. The second-order valence-electron chi connectivity index (χ2n) is 4.24. The van der Waals surface area contributed by atoms with Crippen molar-refractivity contribution in [2.45, 2.75) is 19.5 Å². The topological polar surface area (TPSA) is 46.2 Å². The van der Waals surface area contributed by atoms with Crippen LogP contribution in [-0.2, 0) is 16.4 Å². The molecule has 3 nitrogen and oxygen atoms in total. The maximum Gasteiger partial charge on any atom is 0.153 e. The van der Waals surface area contributed by atoms with Crippen molar-refractivity contribution in [3.8, 4) is 0 Å². The molecule has 1 aliphatic rings. The van der Waals surface area contributed by atoms with Crippen molar-refractivity contribution < 1.29 is 8.42 Å². The highest BCUT2D eigenvalue weighted by molar-refractivity contribution is 9.10. The Kier molecular flexibility index (Phi) is 3.37. The summed E-state index contributed by atoms with van der Waals surface area (Å²) in [6.45, 7) is 2.77. The molecular weight excluding hydrogens is 290 g/mol. The summed E-state index contributed by atoms with van der Waals surface area (Å²) in [5, 5.41) is 3.24. The second-order valence-corrected chi connectivity index (χ2v) is 7.25. The van der Waals surface area contributed by atoms with Gasteiger partial charge in [-0.25, -0.2) is 8.42 Å². The molecule has 0 saturated carbocycles. The Bertz CT molecular complexity index is 487. The van der Waals surface area contributed by atoms with E-state index in [4.69, 9.17) is 0 Å². The van der Waals surface area contributed by atoms with Gasteiger partial charge in [-0.1, -0.05) is 28.1 Å². The van der Waals surface area contributed by atoms with Gasteiger partial charge in [-0.3, -0.25) is 0 Å². The SMILES string of the molecule is Cc1cc(CNC2CS(=O)(=O)C2)ccc1Br. The number of sulfone groups is 1. The van der Waals surface area contributed by atoms with Crippen molar-refractivity contribution >= 4 is 25.8 Å². The van der Waals surface area contributed by atoms with Gasteiger partial charge in [0.25, 0.3) is 0 Å². The second kappa shape index (κ2) is 4.47. The van der Waals surface area contributed by atoms with E-state index < -0.39 is 9.84 Å². The summed E-state index contributed by atoms with van der Waals surface area (Å²) >= 11 is 3.45. The summed E-state index contributed by atoms with van der Waals surface area (Å²) in [7, 11) is -2.72. The first-order valence-corrected chi connectivity index (χ1v) is 7.76. The van der Waals surface area contributed by atoms with E-state index in [2.05, 4.69) is 27.3 Å². The van der Waals surface area contributed by atoms with Crippen LogP contribution in [0, 0.1) is 6.92 Å². The lowest BCUT2D eigenvalue weighted by Gasteiger charge is -2.26. The highest BCUT2D eigenvalue weighted by atomic mass is 79.9. The Balaban J connectivity index is 1.89. The molecule has 0 aliphatic carbocycles. The van der Waals surface area contributed by atoms with Crippen molar-refractivity contribution in [1.82, 2.24) is 5.32 Å². The smallest absolute Gasteiger partial charge is 0.153 e. The van der Waals surface area contributed by atoms with E-state index in [0.717, 1.165) is 11.0 Å². The van der Waals surface area contributed by atoms with Crippen LogP contribution in [0.2, 0.25) is 0 Å². The van der Waals surface area contributed by atoms with Crippen molar-refractivity contribution in [2.75, 3.05) is 11.5 Å². The van der Waals surface area contributed by atoms with Crippen LogP contribution in [0.15, 0.2) is 22.7 Å². The molecule has 1 aliphatic heterocycles. The summed E-state index contributed by atoms with van der Waals surface area (Å²) in [4.78, 5) is 0. The molecule has 0 bridgehead atoms.